The molecular formula is C21H26N3O4+. The summed E-state index contributed by atoms with van der Waals surface area (Å²) >= 11 is 0. The zero-order chi connectivity index (χ0) is 19.9. The molecule has 28 heavy (non-hydrogen) atoms. The van der Waals surface area contributed by atoms with E-state index in [1.54, 1.807) is 0 Å². The lowest BCUT2D eigenvalue weighted by atomic mass is 10.1. The lowest BCUT2D eigenvalue weighted by molar-refractivity contribution is -0.872. The van der Waals surface area contributed by atoms with Gasteiger partial charge >= 0.3 is 0 Å². The zero-order valence-electron chi connectivity index (χ0n) is 16.5. The largest absolute Gasteiger partial charge is 0.454 e. The first-order valence-electron chi connectivity index (χ1n) is 9.21. The van der Waals surface area contributed by atoms with Crippen LogP contribution >= 0.6 is 0 Å². The van der Waals surface area contributed by atoms with Gasteiger partial charge in [-0.1, -0.05) is 29.4 Å². The van der Waals surface area contributed by atoms with Crippen molar-refractivity contribution in [2.45, 2.75) is 20.0 Å². The fourth-order valence-electron chi connectivity index (χ4n) is 2.80. The minimum Gasteiger partial charge on any atom is -0.454 e. The highest BCUT2D eigenvalue weighted by Gasteiger charge is 2.14. The summed E-state index contributed by atoms with van der Waals surface area (Å²) in [5.41, 5.74) is 3.83. The summed E-state index contributed by atoms with van der Waals surface area (Å²) in [5.74, 6) is 1.18. The average molecular weight is 384 g/mol. The average Bonchev–Trinajstić information content (AvgIpc) is 3.14. The first-order valence-corrected chi connectivity index (χ1v) is 9.21. The van der Waals surface area contributed by atoms with E-state index in [0.29, 0.717) is 23.8 Å². The number of hydrogen-bond acceptors (Lipinski definition) is 5. The van der Waals surface area contributed by atoms with E-state index in [0.717, 1.165) is 17.7 Å². The number of amides is 1. The number of oxime groups is 1. The maximum Gasteiger partial charge on any atom is 0.261 e. The van der Waals surface area contributed by atoms with Gasteiger partial charge in [-0.05, 0) is 30.7 Å². The van der Waals surface area contributed by atoms with Gasteiger partial charge in [-0.25, -0.2) is 0 Å². The van der Waals surface area contributed by atoms with E-state index >= 15 is 0 Å². The van der Waals surface area contributed by atoms with Gasteiger partial charge in [0.25, 0.3) is 5.91 Å². The molecule has 3 rings (SSSR count). The molecule has 148 valence electrons. The fourth-order valence-corrected chi connectivity index (χ4v) is 2.80. The summed E-state index contributed by atoms with van der Waals surface area (Å²) in [6, 6.07) is 13.8. The fraction of sp³-hybridized carbons (Fsp3) is 0.333. The SMILES string of the molecule is C/C(=N/OCC(=O)NCc1ccc(C[NH+](C)C)cc1)c1ccc2c(c1)OCO2. The Morgan fingerprint density at radius 2 is 1.82 bits per heavy atom. The van der Waals surface area contributed by atoms with Crippen molar-refractivity contribution in [3.8, 4) is 11.5 Å². The lowest BCUT2D eigenvalue weighted by Crippen LogP contribution is -3.04. The van der Waals surface area contributed by atoms with Gasteiger partial charge in [-0.2, -0.15) is 0 Å². The molecule has 7 nitrogen and oxygen atoms in total. The number of benzene rings is 2. The topological polar surface area (TPSA) is 73.6 Å². The van der Waals surface area contributed by atoms with Gasteiger partial charge in [-0.15, -0.1) is 0 Å². The summed E-state index contributed by atoms with van der Waals surface area (Å²) in [4.78, 5) is 18.5. The van der Waals surface area contributed by atoms with Gasteiger partial charge in [0.15, 0.2) is 18.1 Å². The first-order chi connectivity index (χ1) is 13.5. The molecule has 0 fully saturated rings. The number of carbonyl (C=O) groups excluding carboxylic acids is 1. The zero-order valence-corrected chi connectivity index (χ0v) is 16.5. The number of nitrogens with zero attached hydrogens (tertiary/aromatic N) is 1. The van der Waals surface area contributed by atoms with Crippen LogP contribution in [0.3, 0.4) is 0 Å². The van der Waals surface area contributed by atoms with Crippen molar-refractivity contribution in [3.63, 3.8) is 0 Å². The molecule has 0 aliphatic carbocycles. The third kappa shape index (κ3) is 5.47. The highest BCUT2D eigenvalue weighted by Crippen LogP contribution is 2.32. The molecule has 0 saturated carbocycles. The van der Waals surface area contributed by atoms with Crippen LogP contribution in [0.25, 0.3) is 0 Å². The van der Waals surface area contributed by atoms with Gasteiger partial charge in [-0.3, -0.25) is 4.79 Å². The summed E-state index contributed by atoms with van der Waals surface area (Å²) in [5, 5.41) is 6.84. The van der Waals surface area contributed by atoms with E-state index < -0.39 is 0 Å². The van der Waals surface area contributed by atoms with Crippen LogP contribution in [-0.2, 0) is 22.7 Å². The molecule has 2 aromatic rings. The number of quaternary nitrogens is 1. The third-order valence-corrected chi connectivity index (χ3v) is 4.26. The molecule has 0 bridgehead atoms. The molecule has 2 N–H and O–H groups in total. The Morgan fingerprint density at radius 1 is 1.11 bits per heavy atom. The number of ether oxygens (including phenoxy) is 2. The molecule has 0 unspecified atom stereocenters. The molecule has 0 atom stereocenters. The Balaban J connectivity index is 1.43. The molecule has 0 saturated heterocycles. The van der Waals surface area contributed by atoms with Crippen LogP contribution in [0, 0.1) is 0 Å². The number of fused-ring (bicyclic) bond motifs is 1. The normalized spacial score (nSPS) is 12.9. The number of nitrogens with one attached hydrogen (secondary N) is 2. The van der Waals surface area contributed by atoms with Crippen molar-refractivity contribution in [1.82, 2.24) is 5.32 Å². The van der Waals surface area contributed by atoms with Crippen molar-refractivity contribution < 1.29 is 24.0 Å². The van der Waals surface area contributed by atoms with Gasteiger partial charge in [0.05, 0.1) is 19.8 Å². The van der Waals surface area contributed by atoms with Crippen molar-refractivity contribution in [1.29, 1.82) is 0 Å². The molecular weight excluding hydrogens is 358 g/mol. The molecule has 7 heteroatoms. The number of hydrogen-bond donors (Lipinski definition) is 2. The van der Waals surface area contributed by atoms with E-state index in [1.807, 2.05) is 37.3 Å². The summed E-state index contributed by atoms with van der Waals surface area (Å²) in [6.07, 6.45) is 0. The van der Waals surface area contributed by atoms with Crippen molar-refractivity contribution in [3.05, 3.63) is 59.2 Å². The predicted octanol–water partition coefficient (Wildman–Crippen LogP) is 1.12. The van der Waals surface area contributed by atoms with E-state index in [1.165, 1.54) is 10.5 Å². The van der Waals surface area contributed by atoms with E-state index in [4.69, 9.17) is 14.3 Å². The molecule has 0 radical (unpaired) electrons. The Labute approximate surface area is 164 Å². The summed E-state index contributed by atoms with van der Waals surface area (Å²) in [7, 11) is 4.23. The standard InChI is InChI=1S/C21H25N3O4/c1-15(18-8-9-19-20(10-18)27-14-26-19)23-28-13-21(25)22-11-16-4-6-17(7-5-16)12-24(2)3/h4-10H,11-14H2,1-3H3,(H,22,25)/p+1/b23-15-. The third-order valence-electron chi connectivity index (χ3n) is 4.26. The van der Waals surface area contributed by atoms with Crippen LogP contribution in [-0.4, -0.2) is 39.1 Å². The Hall–Kier alpha value is -3.06. The van der Waals surface area contributed by atoms with Crippen LogP contribution in [0.5, 0.6) is 11.5 Å². The highest BCUT2D eigenvalue weighted by molar-refractivity contribution is 5.99. The monoisotopic (exact) mass is 384 g/mol. The highest BCUT2D eigenvalue weighted by atomic mass is 16.7. The molecule has 1 heterocycles. The van der Waals surface area contributed by atoms with Gasteiger partial charge in [0.2, 0.25) is 6.79 Å². The van der Waals surface area contributed by atoms with Crippen LogP contribution in [0.4, 0.5) is 0 Å². The molecule has 2 aromatic carbocycles. The van der Waals surface area contributed by atoms with Crippen LogP contribution in [0.1, 0.15) is 23.6 Å². The second-order valence-electron chi connectivity index (χ2n) is 7.00. The second-order valence-corrected chi connectivity index (χ2v) is 7.00. The van der Waals surface area contributed by atoms with Crippen molar-refractivity contribution in [2.75, 3.05) is 27.5 Å². The summed E-state index contributed by atoms with van der Waals surface area (Å²) < 4.78 is 10.6. The molecule has 1 amide bonds. The van der Waals surface area contributed by atoms with Gasteiger partial charge < -0.3 is 24.5 Å². The van der Waals surface area contributed by atoms with Crippen LogP contribution in [0.2, 0.25) is 0 Å². The maximum atomic E-state index is 12.0. The second kappa shape index (κ2) is 9.23. The maximum absolute atomic E-state index is 12.0. The molecule has 0 spiro atoms. The summed E-state index contributed by atoms with van der Waals surface area (Å²) in [6.45, 7) is 3.34. The van der Waals surface area contributed by atoms with Gasteiger partial charge in [0, 0.05) is 17.7 Å². The van der Waals surface area contributed by atoms with Crippen LogP contribution < -0.4 is 19.7 Å². The van der Waals surface area contributed by atoms with Crippen molar-refractivity contribution >= 4 is 11.6 Å². The minimum absolute atomic E-state index is 0.135. The molecule has 1 aliphatic heterocycles. The predicted molar refractivity (Wildman–Crippen MR) is 106 cm³/mol. The lowest BCUT2D eigenvalue weighted by Gasteiger charge is -2.09. The molecule has 1 aliphatic rings. The minimum atomic E-state index is -0.218. The van der Waals surface area contributed by atoms with E-state index in [9.17, 15) is 4.79 Å². The van der Waals surface area contributed by atoms with Crippen molar-refractivity contribution in [2.24, 2.45) is 5.16 Å². The Bertz CT molecular complexity index is 847. The number of rotatable bonds is 8. The Morgan fingerprint density at radius 3 is 2.57 bits per heavy atom. The van der Waals surface area contributed by atoms with E-state index in [2.05, 4.69) is 36.7 Å². The smallest absolute Gasteiger partial charge is 0.261 e. The first kappa shape index (κ1) is 19.7. The Kier molecular flexibility index (Phi) is 6.49. The number of carbonyl (C=O) groups is 1. The molecule has 0 aromatic heterocycles. The van der Waals surface area contributed by atoms with Crippen LogP contribution in [0.15, 0.2) is 47.6 Å². The van der Waals surface area contributed by atoms with Gasteiger partial charge in [0.1, 0.15) is 6.54 Å². The van der Waals surface area contributed by atoms with E-state index in [-0.39, 0.29) is 19.3 Å². The quantitative estimate of drug-likeness (QED) is 0.528.